The Morgan fingerprint density at radius 1 is 1.13 bits per heavy atom. The molecule has 0 radical (unpaired) electrons. The fraction of sp³-hybridized carbons (Fsp3) is 0.348. The van der Waals surface area contributed by atoms with Gasteiger partial charge in [-0.1, -0.05) is 23.4 Å². The lowest BCUT2D eigenvalue weighted by atomic mass is 9.90. The molecule has 1 aliphatic rings. The fourth-order valence-corrected chi connectivity index (χ4v) is 3.75. The highest BCUT2D eigenvalue weighted by Gasteiger charge is 2.22. The van der Waals surface area contributed by atoms with Crippen LogP contribution in [-0.2, 0) is 4.79 Å². The number of hydrogen-bond acceptors (Lipinski definition) is 5. The molecule has 0 saturated carbocycles. The molecule has 1 heterocycles. The van der Waals surface area contributed by atoms with E-state index in [0.717, 1.165) is 32.4 Å². The Balaban J connectivity index is 1.64. The third-order valence-corrected chi connectivity index (χ3v) is 5.57. The van der Waals surface area contributed by atoms with Crippen molar-refractivity contribution < 1.29 is 19.9 Å². The molecule has 158 valence electrons. The first-order valence-corrected chi connectivity index (χ1v) is 10.1. The maximum absolute atomic E-state index is 12.4. The van der Waals surface area contributed by atoms with Crippen molar-refractivity contribution in [3.63, 3.8) is 0 Å². The van der Waals surface area contributed by atoms with E-state index in [9.17, 15) is 19.9 Å². The molecule has 3 rings (SSSR count). The first-order valence-electron chi connectivity index (χ1n) is 10.1. The lowest BCUT2D eigenvalue weighted by Crippen LogP contribution is -2.37. The van der Waals surface area contributed by atoms with Crippen molar-refractivity contribution >= 4 is 23.2 Å². The summed E-state index contributed by atoms with van der Waals surface area (Å²) < 4.78 is 0. The van der Waals surface area contributed by atoms with Gasteiger partial charge in [0.05, 0.1) is 5.71 Å². The molecule has 0 aromatic heterocycles. The van der Waals surface area contributed by atoms with Crippen molar-refractivity contribution in [1.29, 1.82) is 0 Å². The maximum atomic E-state index is 12.4. The van der Waals surface area contributed by atoms with Gasteiger partial charge >= 0.3 is 0 Å². The van der Waals surface area contributed by atoms with Gasteiger partial charge in [-0.3, -0.25) is 9.59 Å². The van der Waals surface area contributed by atoms with Crippen molar-refractivity contribution in [2.75, 3.05) is 18.4 Å². The van der Waals surface area contributed by atoms with Crippen molar-refractivity contribution in [2.45, 2.75) is 32.6 Å². The molecule has 3 N–H and O–H groups in total. The van der Waals surface area contributed by atoms with E-state index in [-0.39, 0.29) is 17.6 Å². The molecule has 0 unspecified atom stereocenters. The molecule has 0 aliphatic carbocycles. The Kier molecular flexibility index (Phi) is 7.06. The number of oxime groups is 1. The van der Waals surface area contributed by atoms with Gasteiger partial charge in [0.25, 0.3) is 5.91 Å². The van der Waals surface area contributed by atoms with Crippen LogP contribution in [0.5, 0.6) is 5.75 Å². The zero-order valence-corrected chi connectivity index (χ0v) is 17.0. The summed E-state index contributed by atoms with van der Waals surface area (Å²) in [4.78, 5) is 25.7. The molecule has 0 spiro atoms. The van der Waals surface area contributed by atoms with Crippen LogP contribution in [0.2, 0.25) is 0 Å². The van der Waals surface area contributed by atoms with Gasteiger partial charge in [-0.2, -0.15) is 0 Å². The van der Waals surface area contributed by atoms with E-state index in [1.165, 1.54) is 6.07 Å². The number of benzene rings is 2. The number of nitrogens with one attached hydrogen (secondary N) is 1. The number of likely N-dealkylation sites (tertiary alicyclic amines) is 1. The van der Waals surface area contributed by atoms with Crippen LogP contribution in [0.4, 0.5) is 5.69 Å². The average Bonchev–Trinajstić information content (AvgIpc) is 2.77. The van der Waals surface area contributed by atoms with Crippen LogP contribution in [0.3, 0.4) is 0 Å². The summed E-state index contributed by atoms with van der Waals surface area (Å²) in [5.41, 5.74) is 1.80. The Morgan fingerprint density at radius 3 is 2.47 bits per heavy atom. The molecule has 1 fully saturated rings. The zero-order valence-electron chi connectivity index (χ0n) is 17.0. The largest absolute Gasteiger partial charge is 0.507 e. The van der Waals surface area contributed by atoms with Gasteiger partial charge in [0.1, 0.15) is 5.75 Å². The standard InChI is InChI=1S/C23H27N3O4/c1-16(27)26-13-11-17(12-14-26)7-9-21(25-30)20-15-19(8-10-22(20)28)24-23(29)18-5-3-2-4-6-18/h2-6,8,10,15,17,28,30H,7,9,11-14H2,1H3,(H,24,29). The van der Waals surface area contributed by atoms with E-state index in [1.807, 2.05) is 11.0 Å². The molecule has 1 saturated heterocycles. The average molecular weight is 409 g/mol. The lowest BCUT2D eigenvalue weighted by molar-refractivity contribution is -0.130. The highest BCUT2D eigenvalue weighted by molar-refractivity contribution is 6.06. The highest BCUT2D eigenvalue weighted by atomic mass is 16.4. The van der Waals surface area contributed by atoms with Crippen LogP contribution in [0.25, 0.3) is 0 Å². The first-order chi connectivity index (χ1) is 14.5. The fourth-order valence-electron chi connectivity index (χ4n) is 3.75. The molecule has 2 amide bonds. The Labute approximate surface area is 176 Å². The smallest absolute Gasteiger partial charge is 0.255 e. The van der Waals surface area contributed by atoms with E-state index in [1.54, 1.807) is 43.3 Å². The minimum atomic E-state index is -0.257. The number of phenolic OH excluding ortho intramolecular Hbond substituents is 1. The van der Waals surface area contributed by atoms with Gasteiger partial charge < -0.3 is 20.5 Å². The van der Waals surface area contributed by atoms with Crippen LogP contribution < -0.4 is 5.32 Å². The van der Waals surface area contributed by atoms with Crippen LogP contribution in [0.1, 0.15) is 48.5 Å². The Morgan fingerprint density at radius 2 is 1.83 bits per heavy atom. The number of carbonyl (C=O) groups is 2. The zero-order chi connectivity index (χ0) is 21.5. The molecule has 2 aromatic rings. The first kappa shape index (κ1) is 21.4. The maximum Gasteiger partial charge on any atom is 0.255 e. The number of hydrogen-bond donors (Lipinski definition) is 3. The summed E-state index contributed by atoms with van der Waals surface area (Å²) in [5, 5.41) is 26.0. The monoisotopic (exact) mass is 409 g/mol. The third-order valence-electron chi connectivity index (χ3n) is 5.57. The van der Waals surface area contributed by atoms with Crippen LogP contribution in [0, 0.1) is 5.92 Å². The second-order valence-electron chi connectivity index (χ2n) is 7.59. The van der Waals surface area contributed by atoms with Gasteiger partial charge in [-0.05, 0) is 61.9 Å². The number of piperidine rings is 1. The van der Waals surface area contributed by atoms with Crippen molar-refractivity contribution in [1.82, 2.24) is 4.90 Å². The summed E-state index contributed by atoms with van der Waals surface area (Å²) in [5.74, 6) is 0.268. The summed E-state index contributed by atoms with van der Waals surface area (Å²) in [6.45, 7) is 3.08. The van der Waals surface area contributed by atoms with Gasteiger partial charge in [0.15, 0.2) is 0 Å². The topological polar surface area (TPSA) is 102 Å². The Bertz CT molecular complexity index is 919. The number of anilines is 1. The van der Waals surface area contributed by atoms with Gasteiger partial charge in [-0.25, -0.2) is 0 Å². The van der Waals surface area contributed by atoms with E-state index in [4.69, 9.17) is 0 Å². The number of phenols is 1. The van der Waals surface area contributed by atoms with Gasteiger partial charge in [0, 0.05) is 36.8 Å². The minimum Gasteiger partial charge on any atom is -0.507 e. The normalized spacial score (nSPS) is 15.1. The van der Waals surface area contributed by atoms with Crippen molar-refractivity contribution in [3.05, 3.63) is 59.7 Å². The number of rotatable bonds is 6. The molecular formula is C23H27N3O4. The van der Waals surface area contributed by atoms with Gasteiger partial charge in [0.2, 0.25) is 5.91 Å². The quantitative estimate of drug-likeness (QED) is 0.292. The number of nitrogens with zero attached hydrogens (tertiary/aromatic N) is 2. The molecule has 0 atom stereocenters. The predicted molar refractivity (Wildman–Crippen MR) is 115 cm³/mol. The summed E-state index contributed by atoms with van der Waals surface area (Å²) >= 11 is 0. The SMILES string of the molecule is CC(=O)N1CCC(CCC(=NO)c2cc(NC(=O)c3ccccc3)ccc2O)CC1. The molecule has 7 nitrogen and oxygen atoms in total. The van der Waals surface area contributed by atoms with E-state index >= 15 is 0 Å². The van der Waals surface area contributed by atoms with Gasteiger partial charge in [-0.15, -0.1) is 0 Å². The summed E-state index contributed by atoms with van der Waals surface area (Å²) in [7, 11) is 0. The van der Waals surface area contributed by atoms with E-state index < -0.39 is 0 Å². The molecule has 0 bridgehead atoms. The van der Waals surface area contributed by atoms with Crippen LogP contribution in [-0.4, -0.2) is 45.8 Å². The minimum absolute atomic E-state index is 0.00749. The third kappa shape index (κ3) is 5.37. The molecule has 30 heavy (non-hydrogen) atoms. The molecule has 1 aliphatic heterocycles. The van der Waals surface area contributed by atoms with E-state index in [2.05, 4.69) is 10.5 Å². The van der Waals surface area contributed by atoms with Crippen LogP contribution >= 0.6 is 0 Å². The number of carbonyl (C=O) groups excluding carboxylic acids is 2. The second kappa shape index (κ2) is 9.91. The predicted octanol–water partition coefficient (Wildman–Crippen LogP) is 3.86. The lowest BCUT2D eigenvalue weighted by Gasteiger charge is -2.31. The summed E-state index contributed by atoms with van der Waals surface area (Å²) in [6, 6.07) is 13.5. The van der Waals surface area contributed by atoms with Crippen molar-refractivity contribution in [2.24, 2.45) is 11.1 Å². The number of aromatic hydroxyl groups is 1. The van der Waals surface area contributed by atoms with Crippen LogP contribution in [0.15, 0.2) is 53.7 Å². The molecule has 7 heteroatoms. The Hall–Kier alpha value is -3.35. The van der Waals surface area contributed by atoms with E-state index in [0.29, 0.717) is 34.9 Å². The summed E-state index contributed by atoms with van der Waals surface area (Å²) in [6.07, 6.45) is 3.12. The number of amides is 2. The molecular weight excluding hydrogens is 382 g/mol. The molecule has 2 aromatic carbocycles. The highest BCUT2D eigenvalue weighted by Crippen LogP contribution is 2.27. The second-order valence-corrected chi connectivity index (χ2v) is 7.59. The van der Waals surface area contributed by atoms with Crippen molar-refractivity contribution in [3.8, 4) is 5.75 Å².